The van der Waals surface area contributed by atoms with Crippen LogP contribution in [0.5, 0.6) is 0 Å². The van der Waals surface area contributed by atoms with Gasteiger partial charge in [-0.3, -0.25) is 4.98 Å². The second-order valence-corrected chi connectivity index (χ2v) is 5.35. The number of nitrogens with zero attached hydrogens (tertiary/aromatic N) is 1. The largest absolute Gasteiger partial charge is 0.397 e. The molecule has 1 fully saturated rings. The van der Waals surface area contributed by atoms with E-state index in [0.29, 0.717) is 5.92 Å². The van der Waals surface area contributed by atoms with E-state index < -0.39 is 0 Å². The number of nitrogens with two attached hydrogens (primary N) is 1. The Bertz CT molecular complexity index is 346. The summed E-state index contributed by atoms with van der Waals surface area (Å²) in [6.07, 6.45) is 6.91. The van der Waals surface area contributed by atoms with E-state index in [1.165, 1.54) is 25.7 Å². The standard InChI is InChI=1S/C10H12Br2N2/c11-7-5-14-10(8(12)9(7)13)6-3-1-2-4-6/h5-6H,1-4H2,(H2,13,14). The summed E-state index contributed by atoms with van der Waals surface area (Å²) in [6.45, 7) is 0. The molecule has 0 radical (unpaired) electrons. The number of hydrogen-bond donors (Lipinski definition) is 1. The summed E-state index contributed by atoms with van der Waals surface area (Å²) in [5, 5.41) is 0. The molecule has 0 bridgehead atoms. The fraction of sp³-hybridized carbons (Fsp3) is 0.500. The molecular weight excluding hydrogens is 308 g/mol. The Labute approximate surface area is 101 Å². The molecule has 0 atom stereocenters. The maximum atomic E-state index is 5.92. The SMILES string of the molecule is Nc1c(Br)cnc(C2CCCC2)c1Br. The highest BCUT2D eigenvalue weighted by Crippen LogP contribution is 2.40. The van der Waals surface area contributed by atoms with Gasteiger partial charge in [0.2, 0.25) is 0 Å². The van der Waals surface area contributed by atoms with Gasteiger partial charge in [0.05, 0.1) is 20.3 Å². The molecule has 0 spiro atoms. The molecule has 1 aromatic rings. The molecule has 0 aliphatic heterocycles. The molecule has 0 amide bonds. The Balaban J connectivity index is 2.38. The van der Waals surface area contributed by atoms with Gasteiger partial charge in [0.15, 0.2) is 0 Å². The van der Waals surface area contributed by atoms with Crippen LogP contribution in [0.15, 0.2) is 15.1 Å². The Morgan fingerprint density at radius 2 is 1.93 bits per heavy atom. The lowest BCUT2D eigenvalue weighted by atomic mass is 10.0. The Morgan fingerprint density at radius 3 is 2.57 bits per heavy atom. The van der Waals surface area contributed by atoms with Crippen molar-refractivity contribution in [2.45, 2.75) is 31.6 Å². The lowest BCUT2D eigenvalue weighted by Crippen LogP contribution is -2.01. The first-order valence-electron chi connectivity index (χ1n) is 4.79. The quantitative estimate of drug-likeness (QED) is 0.854. The van der Waals surface area contributed by atoms with E-state index in [9.17, 15) is 0 Å². The van der Waals surface area contributed by atoms with Crippen molar-refractivity contribution in [3.05, 3.63) is 20.8 Å². The second-order valence-electron chi connectivity index (χ2n) is 3.70. The normalized spacial score (nSPS) is 17.6. The van der Waals surface area contributed by atoms with Crippen molar-refractivity contribution >= 4 is 37.5 Å². The summed E-state index contributed by atoms with van der Waals surface area (Å²) in [4.78, 5) is 4.45. The zero-order chi connectivity index (χ0) is 10.1. The van der Waals surface area contributed by atoms with Crippen LogP contribution in [0.3, 0.4) is 0 Å². The molecule has 4 heteroatoms. The summed E-state index contributed by atoms with van der Waals surface area (Å²) in [6, 6.07) is 0. The smallest absolute Gasteiger partial charge is 0.0637 e. The predicted octanol–water partition coefficient (Wildman–Crippen LogP) is 3.85. The van der Waals surface area contributed by atoms with Gasteiger partial charge in [0.1, 0.15) is 0 Å². The van der Waals surface area contributed by atoms with E-state index in [2.05, 4.69) is 36.8 Å². The molecule has 1 heterocycles. The number of pyridine rings is 1. The number of nitrogen functional groups attached to an aromatic ring is 1. The van der Waals surface area contributed by atoms with Crippen molar-refractivity contribution in [3.63, 3.8) is 0 Å². The number of rotatable bonds is 1. The van der Waals surface area contributed by atoms with Crippen LogP contribution in [0.25, 0.3) is 0 Å². The van der Waals surface area contributed by atoms with Gasteiger partial charge in [-0.1, -0.05) is 12.8 Å². The highest BCUT2D eigenvalue weighted by molar-refractivity contribution is 9.11. The van der Waals surface area contributed by atoms with Crippen LogP contribution in [0.2, 0.25) is 0 Å². The van der Waals surface area contributed by atoms with Gasteiger partial charge < -0.3 is 5.73 Å². The van der Waals surface area contributed by atoms with Gasteiger partial charge in [-0.05, 0) is 44.7 Å². The van der Waals surface area contributed by atoms with E-state index in [1.807, 2.05) is 0 Å². The van der Waals surface area contributed by atoms with Crippen molar-refractivity contribution in [1.29, 1.82) is 0 Å². The summed E-state index contributed by atoms with van der Waals surface area (Å²) >= 11 is 6.89. The van der Waals surface area contributed by atoms with Gasteiger partial charge >= 0.3 is 0 Å². The number of halogens is 2. The van der Waals surface area contributed by atoms with Crippen LogP contribution in [0, 0.1) is 0 Å². The third kappa shape index (κ3) is 1.82. The number of anilines is 1. The molecule has 1 aromatic heterocycles. The molecular formula is C10H12Br2N2. The minimum Gasteiger partial charge on any atom is -0.397 e. The van der Waals surface area contributed by atoms with Gasteiger partial charge in [-0.2, -0.15) is 0 Å². The highest BCUT2D eigenvalue weighted by Gasteiger charge is 2.22. The maximum absolute atomic E-state index is 5.92. The summed E-state index contributed by atoms with van der Waals surface area (Å²) in [7, 11) is 0. The first-order valence-corrected chi connectivity index (χ1v) is 6.38. The molecule has 1 aliphatic carbocycles. The van der Waals surface area contributed by atoms with E-state index in [4.69, 9.17) is 5.73 Å². The zero-order valence-electron chi connectivity index (χ0n) is 7.76. The molecule has 0 aromatic carbocycles. The van der Waals surface area contributed by atoms with Crippen LogP contribution < -0.4 is 5.73 Å². The zero-order valence-corrected chi connectivity index (χ0v) is 10.9. The van der Waals surface area contributed by atoms with Crippen LogP contribution >= 0.6 is 31.9 Å². The predicted molar refractivity (Wildman–Crippen MR) is 65.3 cm³/mol. The minimum atomic E-state index is 0.597. The number of aromatic nitrogens is 1. The monoisotopic (exact) mass is 318 g/mol. The van der Waals surface area contributed by atoms with Crippen LogP contribution in [0.1, 0.15) is 37.3 Å². The van der Waals surface area contributed by atoms with Gasteiger partial charge in [0, 0.05) is 12.1 Å². The molecule has 1 aliphatic rings. The van der Waals surface area contributed by atoms with E-state index in [-0.39, 0.29) is 0 Å². The Kier molecular flexibility index (Phi) is 3.12. The van der Waals surface area contributed by atoms with Crippen LogP contribution in [-0.2, 0) is 0 Å². The third-order valence-corrected chi connectivity index (χ3v) is 4.24. The molecule has 14 heavy (non-hydrogen) atoms. The molecule has 2 N–H and O–H groups in total. The average molecular weight is 320 g/mol. The highest BCUT2D eigenvalue weighted by atomic mass is 79.9. The molecule has 76 valence electrons. The van der Waals surface area contributed by atoms with E-state index in [0.717, 1.165) is 20.3 Å². The lowest BCUT2D eigenvalue weighted by Gasteiger charge is -2.12. The molecule has 1 saturated carbocycles. The first kappa shape index (κ1) is 10.4. The van der Waals surface area contributed by atoms with Crippen molar-refractivity contribution in [1.82, 2.24) is 4.98 Å². The Morgan fingerprint density at radius 1 is 1.29 bits per heavy atom. The third-order valence-electron chi connectivity index (χ3n) is 2.78. The van der Waals surface area contributed by atoms with Crippen molar-refractivity contribution in [3.8, 4) is 0 Å². The maximum Gasteiger partial charge on any atom is 0.0637 e. The summed E-state index contributed by atoms with van der Waals surface area (Å²) in [5.41, 5.74) is 7.81. The van der Waals surface area contributed by atoms with Gasteiger partial charge in [0.25, 0.3) is 0 Å². The second kappa shape index (κ2) is 4.19. The molecule has 0 unspecified atom stereocenters. The van der Waals surface area contributed by atoms with Gasteiger partial charge in [-0.25, -0.2) is 0 Å². The van der Waals surface area contributed by atoms with E-state index in [1.54, 1.807) is 6.20 Å². The first-order chi connectivity index (χ1) is 6.70. The van der Waals surface area contributed by atoms with Crippen LogP contribution in [0.4, 0.5) is 5.69 Å². The lowest BCUT2D eigenvalue weighted by molar-refractivity contribution is 0.693. The molecule has 0 saturated heterocycles. The van der Waals surface area contributed by atoms with Crippen molar-refractivity contribution in [2.24, 2.45) is 0 Å². The van der Waals surface area contributed by atoms with E-state index >= 15 is 0 Å². The fourth-order valence-electron chi connectivity index (χ4n) is 1.98. The minimum absolute atomic E-state index is 0.597. The van der Waals surface area contributed by atoms with Gasteiger partial charge in [-0.15, -0.1) is 0 Å². The summed E-state index contributed by atoms with van der Waals surface area (Å²) < 4.78 is 1.84. The van der Waals surface area contributed by atoms with Crippen molar-refractivity contribution < 1.29 is 0 Å². The molecule has 2 nitrogen and oxygen atoms in total. The number of hydrogen-bond acceptors (Lipinski definition) is 2. The van der Waals surface area contributed by atoms with Crippen molar-refractivity contribution in [2.75, 3.05) is 5.73 Å². The Hall–Kier alpha value is -0.0900. The average Bonchev–Trinajstić information content (AvgIpc) is 2.67. The van der Waals surface area contributed by atoms with Crippen LogP contribution in [-0.4, -0.2) is 4.98 Å². The molecule has 2 rings (SSSR count). The fourth-order valence-corrected chi connectivity index (χ4v) is 3.19. The topological polar surface area (TPSA) is 38.9 Å². The summed E-state index contributed by atoms with van der Waals surface area (Å²) in [5.74, 6) is 0.597.